The van der Waals surface area contributed by atoms with Gasteiger partial charge in [0.2, 0.25) is 0 Å². The number of anilines is 1. The summed E-state index contributed by atoms with van der Waals surface area (Å²) >= 11 is 0. The highest BCUT2D eigenvalue weighted by Crippen LogP contribution is 2.26. The summed E-state index contributed by atoms with van der Waals surface area (Å²) in [5.41, 5.74) is 2.98. The van der Waals surface area contributed by atoms with Crippen LogP contribution >= 0.6 is 0 Å². The molecule has 1 atom stereocenters. The predicted octanol–water partition coefficient (Wildman–Crippen LogP) is 2.20. The van der Waals surface area contributed by atoms with E-state index in [1.54, 1.807) is 7.11 Å². The summed E-state index contributed by atoms with van der Waals surface area (Å²) in [5.74, 6) is -0.0184. The molecule has 4 heteroatoms. The molecule has 2 rings (SSSR count). The van der Waals surface area contributed by atoms with Crippen molar-refractivity contribution in [1.29, 1.82) is 0 Å². The van der Waals surface area contributed by atoms with Crippen molar-refractivity contribution in [2.45, 2.75) is 32.2 Å². The summed E-state index contributed by atoms with van der Waals surface area (Å²) in [5, 5.41) is 6.37. The lowest BCUT2D eigenvalue weighted by molar-refractivity contribution is 0.0895. The number of aryl methyl sites for hydroxylation is 1. The Morgan fingerprint density at radius 3 is 3.11 bits per heavy atom. The molecule has 19 heavy (non-hydrogen) atoms. The first-order valence-electron chi connectivity index (χ1n) is 6.91. The van der Waals surface area contributed by atoms with Crippen LogP contribution in [0.2, 0.25) is 0 Å². The Labute approximate surface area is 114 Å². The second-order valence-electron chi connectivity index (χ2n) is 4.90. The van der Waals surface area contributed by atoms with Gasteiger partial charge in [-0.2, -0.15) is 0 Å². The maximum absolute atomic E-state index is 12.4. The second kappa shape index (κ2) is 6.57. The zero-order valence-electron chi connectivity index (χ0n) is 11.7. The molecular weight excluding hydrogens is 240 g/mol. The van der Waals surface area contributed by atoms with Crippen LogP contribution in [-0.4, -0.2) is 32.2 Å². The first-order valence-corrected chi connectivity index (χ1v) is 6.91. The van der Waals surface area contributed by atoms with Crippen LogP contribution < -0.4 is 10.6 Å². The number of carbonyl (C=O) groups is 1. The topological polar surface area (TPSA) is 50.4 Å². The Bertz CT molecular complexity index is 446. The summed E-state index contributed by atoms with van der Waals surface area (Å²) in [6.45, 7) is 3.53. The maximum Gasteiger partial charge on any atom is 0.253 e. The lowest BCUT2D eigenvalue weighted by Gasteiger charge is -2.22. The lowest BCUT2D eigenvalue weighted by atomic mass is 9.99. The van der Waals surface area contributed by atoms with Gasteiger partial charge >= 0.3 is 0 Å². The van der Waals surface area contributed by atoms with Crippen LogP contribution in [0.25, 0.3) is 0 Å². The first kappa shape index (κ1) is 13.9. The zero-order valence-corrected chi connectivity index (χ0v) is 11.7. The van der Waals surface area contributed by atoms with E-state index in [2.05, 4.69) is 16.7 Å². The minimum absolute atomic E-state index is 0.0184. The van der Waals surface area contributed by atoms with Gasteiger partial charge in [-0.05, 0) is 30.9 Å². The minimum Gasteiger partial charge on any atom is -0.384 e. The Morgan fingerprint density at radius 1 is 1.53 bits per heavy atom. The molecule has 1 amide bonds. The number of carbonyl (C=O) groups excluding carboxylic acids is 1. The second-order valence-corrected chi connectivity index (χ2v) is 4.90. The number of hydrogen-bond acceptors (Lipinski definition) is 3. The van der Waals surface area contributed by atoms with Gasteiger partial charge in [0.05, 0.1) is 23.9 Å². The van der Waals surface area contributed by atoms with E-state index in [1.807, 2.05) is 19.1 Å². The van der Waals surface area contributed by atoms with Crippen LogP contribution in [0.15, 0.2) is 18.2 Å². The first-order chi connectivity index (χ1) is 9.26. The summed E-state index contributed by atoms with van der Waals surface area (Å²) < 4.78 is 5.11. The number of ether oxygens (including phenoxy) is 1. The van der Waals surface area contributed by atoms with Gasteiger partial charge < -0.3 is 15.4 Å². The fourth-order valence-electron chi connectivity index (χ4n) is 2.42. The zero-order chi connectivity index (χ0) is 13.7. The van der Waals surface area contributed by atoms with Crippen molar-refractivity contribution in [1.82, 2.24) is 5.32 Å². The number of rotatable bonds is 5. The number of hydrogen-bond donors (Lipinski definition) is 2. The Kier molecular flexibility index (Phi) is 4.80. The normalized spacial score (nSPS) is 15.3. The van der Waals surface area contributed by atoms with Crippen molar-refractivity contribution in [3.05, 3.63) is 29.3 Å². The third kappa shape index (κ3) is 3.26. The molecule has 0 aliphatic carbocycles. The van der Waals surface area contributed by atoms with Gasteiger partial charge in [-0.3, -0.25) is 4.79 Å². The van der Waals surface area contributed by atoms with Crippen LogP contribution in [-0.2, 0) is 11.2 Å². The van der Waals surface area contributed by atoms with Gasteiger partial charge in [-0.1, -0.05) is 19.1 Å². The Hall–Kier alpha value is -1.55. The summed E-state index contributed by atoms with van der Waals surface area (Å²) in [7, 11) is 1.65. The number of methoxy groups -OCH3 is 1. The number of fused-ring (bicyclic) bond motifs is 1. The van der Waals surface area contributed by atoms with E-state index >= 15 is 0 Å². The third-order valence-corrected chi connectivity index (χ3v) is 3.52. The molecule has 1 unspecified atom stereocenters. The van der Waals surface area contributed by atoms with Crippen molar-refractivity contribution < 1.29 is 9.53 Å². The lowest BCUT2D eigenvalue weighted by Crippen LogP contribution is -2.38. The molecule has 104 valence electrons. The Balaban J connectivity index is 2.15. The van der Waals surface area contributed by atoms with E-state index < -0.39 is 0 Å². The highest BCUT2D eigenvalue weighted by Gasteiger charge is 2.19. The smallest absolute Gasteiger partial charge is 0.253 e. The van der Waals surface area contributed by atoms with Gasteiger partial charge in [0.15, 0.2) is 0 Å². The van der Waals surface area contributed by atoms with E-state index in [0.717, 1.165) is 37.1 Å². The van der Waals surface area contributed by atoms with Crippen molar-refractivity contribution in [2.75, 3.05) is 25.6 Å². The van der Waals surface area contributed by atoms with Gasteiger partial charge in [-0.15, -0.1) is 0 Å². The molecule has 0 saturated heterocycles. The molecule has 1 aromatic carbocycles. The molecule has 1 aromatic rings. The highest BCUT2D eigenvalue weighted by atomic mass is 16.5. The quantitative estimate of drug-likeness (QED) is 0.855. The van der Waals surface area contributed by atoms with E-state index in [0.29, 0.717) is 6.61 Å². The average Bonchev–Trinajstić information content (AvgIpc) is 2.46. The van der Waals surface area contributed by atoms with Crippen molar-refractivity contribution >= 4 is 11.6 Å². The highest BCUT2D eigenvalue weighted by molar-refractivity contribution is 6.00. The van der Waals surface area contributed by atoms with Crippen LogP contribution in [0, 0.1) is 0 Å². The molecule has 0 aromatic heterocycles. The predicted molar refractivity (Wildman–Crippen MR) is 76.7 cm³/mol. The number of amides is 1. The van der Waals surface area contributed by atoms with Crippen molar-refractivity contribution in [3.8, 4) is 0 Å². The fourth-order valence-corrected chi connectivity index (χ4v) is 2.42. The number of para-hydroxylation sites is 1. The molecule has 2 N–H and O–H groups in total. The molecule has 0 radical (unpaired) electrons. The van der Waals surface area contributed by atoms with Crippen LogP contribution in [0.1, 0.15) is 35.7 Å². The standard InChI is InChI=1S/C15H22N2O2/c1-3-12(10-19-2)17-15(18)13-8-4-6-11-7-5-9-16-14(11)13/h4,6,8,12,16H,3,5,7,9-10H2,1-2H3,(H,17,18). The third-order valence-electron chi connectivity index (χ3n) is 3.52. The van der Waals surface area contributed by atoms with Gasteiger partial charge in [0.25, 0.3) is 5.91 Å². The summed E-state index contributed by atoms with van der Waals surface area (Å²) in [4.78, 5) is 12.4. The van der Waals surface area contributed by atoms with Gasteiger partial charge in [0, 0.05) is 13.7 Å². The van der Waals surface area contributed by atoms with Crippen molar-refractivity contribution in [2.24, 2.45) is 0 Å². The van der Waals surface area contributed by atoms with E-state index in [-0.39, 0.29) is 11.9 Å². The van der Waals surface area contributed by atoms with E-state index in [1.165, 1.54) is 5.56 Å². The molecule has 0 spiro atoms. The van der Waals surface area contributed by atoms with Crippen LogP contribution in [0.5, 0.6) is 0 Å². The van der Waals surface area contributed by atoms with Crippen molar-refractivity contribution in [3.63, 3.8) is 0 Å². The largest absolute Gasteiger partial charge is 0.384 e. The Morgan fingerprint density at radius 2 is 2.37 bits per heavy atom. The van der Waals surface area contributed by atoms with Gasteiger partial charge in [0.1, 0.15) is 0 Å². The molecular formula is C15H22N2O2. The fraction of sp³-hybridized carbons (Fsp3) is 0.533. The molecule has 4 nitrogen and oxygen atoms in total. The molecule has 0 bridgehead atoms. The molecule has 1 heterocycles. The van der Waals surface area contributed by atoms with E-state index in [4.69, 9.17) is 4.74 Å². The average molecular weight is 262 g/mol. The number of benzene rings is 1. The van der Waals surface area contributed by atoms with Crippen LogP contribution in [0.3, 0.4) is 0 Å². The summed E-state index contributed by atoms with van der Waals surface area (Å²) in [6, 6.07) is 5.99. The number of nitrogens with one attached hydrogen (secondary N) is 2. The summed E-state index contributed by atoms with van der Waals surface area (Å²) in [6.07, 6.45) is 3.03. The maximum atomic E-state index is 12.4. The van der Waals surface area contributed by atoms with Gasteiger partial charge in [-0.25, -0.2) is 0 Å². The molecule has 0 fully saturated rings. The van der Waals surface area contributed by atoms with E-state index in [9.17, 15) is 4.79 Å². The minimum atomic E-state index is -0.0184. The molecule has 1 aliphatic heterocycles. The monoisotopic (exact) mass is 262 g/mol. The SMILES string of the molecule is CCC(COC)NC(=O)c1cccc2c1NCCC2. The van der Waals surface area contributed by atoms with Crippen LogP contribution in [0.4, 0.5) is 5.69 Å². The molecule has 1 aliphatic rings. The molecule has 0 saturated carbocycles.